The fourth-order valence-electron chi connectivity index (χ4n) is 1.58. The maximum absolute atomic E-state index is 11.4. The molecule has 0 radical (unpaired) electrons. The first kappa shape index (κ1) is 11.4. The maximum atomic E-state index is 11.4. The number of carbonyl (C=O) groups excluding carboxylic acids is 1. The second-order valence-corrected chi connectivity index (χ2v) is 3.45. The molecule has 1 heterocycles. The summed E-state index contributed by atoms with van der Waals surface area (Å²) in [6.07, 6.45) is 0.0489. The van der Waals surface area contributed by atoms with Crippen LogP contribution in [0, 0.1) is 5.92 Å². The minimum Gasteiger partial charge on any atom is -0.396 e. The summed E-state index contributed by atoms with van der Waals surface area (Å²) in [4.78, 5) is 13.1. The zero-order valence-corrected chi connectivity index (χ0v) is 8.60. The molecule has 1 aliphatic rings. The van der Waals surface area contributed by atoms with Crippen molar-refractivity contribution in [3.05, 3.63) is 0 Å². The van der Waals surface area contributed by atoms with Gasteiger partial charge < -0.3 is 19.5 Å². The Kier molecular flexibility index (Phi) is 4.31. The molecule has 1 atom stereocenters. The highest BCUT2D eigenvalue weighted by Crippen LogP contribution is 2.17. The number of methoxy groups -OCH3 is 2. The molecule has 0 aromatic heterocycles. The van der Waals surface area contributed by atoms with E-state index in [4.69, 9.17) is 14.6 Å². The molecule has 1 fully saturated rings. The summed E-state index contributed by atoms with van der Waals surface area (Å²) >= 11 is 0. The van der Waals surface area contributed by atoms with Gasteiger partial charge in [-0.05, 0) is 0 Å². The van der Waals surface area contributed by atoms with Crippen LogP contribution in [-0.2, 0) is 14.3 Å². The second-order valence-electron chi connectivity index (χ2n) is 3.45. The zero-order valence-electron chi connectivity index (χ0n) is 8.60. The molecule has 0 saturated carbocycles. The molecule has 14 heavy (non-hydrogen) atoms. The van der Waals surface area contributed by atoms with E-state index in [2.05, 4.69) is 0 Å². The van der Waals surface area contributed by atoms with Crippen molar-refractivity contribution in [3.8, 4) is 0 Å². The van der Waals surface area contributed by atoms with Crippen LogP contribution in [0.2, 0.25) is 0 Å². The molecule has 0 spiro atoms. The van der Waals surface area contributed by atoms with Crippen molar-refractivity contribution in [2.24, 2.45) is 5.92 Å². The number of carbonyl (C=O) groups is 1. The van der Waals surface area contributed by atoms with E-state index in [1.54, 1.807) is 4.90 Å². The number of ether oxygens (including phenoxy) is 2. The lowest BCUT2D eigenvalue weighted by Gasteiger charge is -2.21. The Morgan fingerprint density at radius 3 is 2.64 bits per heavy atom. The standard InChI is InChI=1S/C9H17NO4/c1-13-9(14-2)5-10-4-7(6-11)3-8(10)12/h7,9,11H,3-6H2,1-2H3. The van der Waals surface area contributed by atoms with Crippen LogP contribution in [0.25, 0.3) is 0 Å². The number of aliphatic hydroxyl groups is 1. The van der Waals surface area contributed by atoms with Gasteiger partial charge in [0.15, 0.2) is 6.29 Å². The third-order valence-electron chi connectivity index (χ3n) is 2.45. The fraction of sp³-hybridized carbons (Fsp3) is 0.889. The van der Waals surface area contributed by atoms with Crippen LogP contribution in [-0.4, -0.2) is 56.1 Å². The first-order valence-corrected chi connectivity index (χ1v) is 4.65. The fourth-order valence-corrected chi connectivity index (χ4v) is 1.58. The highest BCUT2D eigenvalue weighted by Gasteiger charge is 2.30. The van der Waals surface area contributed by atoms with E-state index in [-0.39, 0.29) is 24.7 Å². The number of hydrogen-bond donors (Lipinski definition) is 1. The minimum absolute atomic E-state index is 0.0585. The molecule has 1 amide bonds. The monoisotopic (exact) mass is 203 g/mol. The summed E-state index contributed by atoms with van der Waals surface area (Å²) in [5.74, 6) is 0.125. The van der Waals surface area contributed by atoms with Crippen LogP contribution in [0.15, 0.2) is 0 Å². The molecular formula is C9H17NO4. The van der Waals surface area contributed by atoms with Crippen molar-refractivity contribution in [1.29, 1.82) is 0 Å². The van der Waals surface area contributed by atoms with Gasteiger partial charge in [0, 0.05) is 39.7 Å². The zero-order chi connectivity index (χ0) is 10.6. The third kappa shape index (κ3) is 2.67. The average molecular weight is 203 g/mol. The van der Waals surface area contributed by atoms with E-state index in [9.17, 15) is 4.79 Å². The van der Waals surface area contributed by atoms with Crippen LogP contribution in [0.4, 0.5) is 0 Å². The van der Waals surface area contributed by atoms with Crippen molar-refractivity contribution in [1.82, 2.24) is 4.90 Å². The molecule has 1 aliphatic heterocycles. The SMILES string of the molecule is COC(CN1CC(CO)CC1=O)OC. The Hall–Kier alpha value is -0.650. The quantitative estimate of drug-likeness (QED) is 0.609. The van der Waals surface area contributed by atoms with E-state index in [0.717, 1.165) is 0 Å². The van der Waals surface area contributed by atoms with E-state index in [1.807, 2.05) is 0 Å². The largest absolute Gasteiger partial charge is 0.396 e. The van der Waals surface area contributed by atoms with Crippen LogP contribution in [0.5, 0.6) is 0 Å². The van der Waals surface area contributed by atoms with Crippen molar-refractivity contribution in [2.45, 2.75) is 12.7 Å². The van der Waals surface area contributed by atoms with Gasteiger partial charge in [-0.1, -0.05) is 0 Å². The Balaban J connectivity index is 2.41. The van der Waals surface area contributed by atoms with Crippen LogP contribution in [0.1, 0.15) is 6.42 Å². The second kappa shape index (κ2) is 5.29. The lowest BCUT2D eigenvalue weighted by Crippen LogP contribution is -2.35. The molecular weight excluding hydrogens is 186 g/mol. The summed E-state index contributed by atoms with van der Waals surface area (Å²) in [5.41, 5.74) is 0. The van der Waals surface area contributed by atoms with Crippen molar-refractivity contribution in [2.75, 3.05) is 33.9 Å². The Morgan fingerprint density at radius 1 is 1.57 bits per heavy atom. The number of likely N-dealkylation sites (tertiary alicyclic amines) is 1. The van der Waals surface area contributed by atoms with Crippen molar-refractivity contribution < 1.29 is 19.4 Å². The lowest BCUT2D eigenvalue weighted by atomic mass is 10.1. The molecule has 0 bridgehead atoms. The predicted octanol–water partition coefficient (Wildman–Crippen LogP) is -0.554. The highest BCUT2D eigenvalue weighted by molar-refractivity contribution is 5.78. The topological polar surface area (TPSA) is 59.0 Å². The molecule has 1 N–H and O–H groups in total. The maximum Gasteiger partial charge on any atom is 0.223 e. The summed E-state index contributed by atoms with van der Waals surface area (Å²) in [7, 11) is 3.08. The van der Waals surface area contributed by atoms with Crippen molar-refractivity contribution >= 4 is 5.91 Å². The number of amides is 1. The van der Waals surface area contributed by atoms with Gasteiger partial charge in [-0.25, -0.2) is 0 Å². The third-order valence-corrected chi connectivity index (χ3v) is 2.45. The summed E-state index contributed by atoms with van der Waals surface area (Å²) in [6.45, 7) is 1.09. The number of nitrogens with zero attached hydrogens (tertiary/aromatic N) is 1. The van der Waals surface area contributed by atoms with Gasteiger partial charge in [-0.2, -0.15) is 0 Å². The highest BCUT2D eigenvalue weighted by atomic mass is 16.7. The van der Waals surface area contributed by atoms with Gasteiger partial charge in [0.2, 0.25) is 5.91 Å². The van der Waals surface area contributed by atoms with Gasteiger partial charge in [0.05, 0.1) is 6.54 Å². The van der Waals surface area contributed by atoms with Crippen LogP contribution >= 0.6 is 0 Å². The van der Waals surface area contributed by atoms with Crippen LogP contribution < -0.4 is 0 Å². The van der Waals surface area contributed by atoms with Gasteiger partial charge in [0.1, 0.15) is 0 Å². The molecule has 1 unspecified atom stereocenters. The van der Waals surface area contributed by atoms with Crippen molar-refractivity contribution in [3.63, 3.8) is 0 Å². The van der Waals surface area contributed by atoms with Gasteiger partial charge in [0.25, 0.3) is 0 Å². The molecule has 1 rings (SSSR count). The number of rotatable bonds is 5. The molecule has 0 aromatic carbocycles. The number of hydrogen-bond acceptors (Lipinski definition) is 4. The van der Waals surface area contributed by atoms with Crippen LogP contribution in [0.3, 0.4) is 0 Å². The Labute approximate surface area is 83.6 Å². The lowest BCUT2D eigenvalue weighted by molar-refractivity contribution is -0.141. The molecule has 5 nitrogen and oxygen atoms in total. The van der Waals surface area contributed by atoms with E-state index >= 15 is 0 Å². The first-order chi connectivity index (χ1) is 6.71. The van der Waals surface area contributed by atoms with Gasteiger partial charge in [-0.15, -0.1) is 0 Å². The average Bonchev–Trinajstić information content (AvgIpc) is 2.56. The smallest absolute Gasteiger partial charge is 0.223 e. The summed E-state index contributed by atoms with van der Waals surface area (Å²) in [6, 6.07) is 0. The summed E-state index contributed by atoms with van der Waals surface area (Å²) < 4.78 is 10.00. The normalized spacial score (nSPS) is 22.4. The molecule has 0 aliphatic carbocycles. The Morgan fingerprint density at radius 2 is 2.21 bits per heavy atom. The molecule has 0 aromatic rings. The van der Waals surface area contributed by atoms with E-state index in [1.165, 1.54) is 14.2 Å². The van der Waals surface area contributed by atoms with Gasteiger partial charge >= 0.3 is 0 Å². The minimum atomic E-state index is -0.378. The van der Waals surface area contributed by atoms with Gasteiger partial charge in [-0.3, -0.25) is 4.79 Å². The molecule has 5 heteroatoms. The molecule has 1 saturated heterocycles. The number of aliphatic hydroxyl groups excluding tert-OH is 1. The Bertz CT molecular complexity index is 193. The predicted molar refractivity (Wildman–Crippen MR) is 49.6 cm³/mol. The van der Waals surface area contributed by atoms with E-state index in [0.29, 0.717) is 19.5 Å². The molecule has 82 valence electrons. The first-order valence-electron chi connectivity index (χ1n) is 4.65. The summed E-state index contributed by atoms with van der Waals surface area (Å²) in [5, 5.41) is 8.91. The van der Waals surface area contributed by atoms with E-state index < -0.39 is 0 Å².